The van der Waals surface area contributed by atoms with E-state index in [0.29, 0.717) is 39.5 Å². The lowest BCUT2D eigenvalue weighted by atomic mass is 9.88. The van der Waals surface area contributed by atoms with Crippen molar-refractivity contribution in [2.24, 2.45) is 5.10 Å². The number of rotatable bonds is 9. The molecule has 1 aliphatic rings. The van der Waals surface area contributed by atoms with Crippen LogP contribution in [0.3, 0.4) is 0 Å². The van der Waals surface area contributed by atoms with Crippen molar-refractivity contribution in [3.63, 3.8) is 0 Å². The number of aromatic nitrogens is 2. The maximum atomic E-state index is 13.5. The van der Waals surface area contributed by atoms with E-state index in [1.165, 1.54) is 49.6 Å². The Balaban J connectivity index is 1.42. The molecule has 3 aromatic carbocycles. The molecule has 41 heavy (non-hydrogen) atoms. The fourth-order valence-corrected chi connectivity index (χ4v) is 4.99. The number of nitrogens with zero attached hydrogens (tertiary/aromatic N) is 3. The highest BCUT2D eigenvalue weighted by atomic mass is 19.1. The minimum Gasteiger partial charge on any atom is -0.493 e. The van der Waals surface area contributed by atoms with Crippen molar-refractivity contribution in [3.05, 3.63) is 88.2 Å². The van der Waals surface area contributed by atoms with Crippen molar-refractivity contribution >= 4 is 28.7 Å². The van der Waals surface area contributed by atoms with Gasteiger partial charge in [-0.25, -0.2) is 9.37 Å². The van der Waals surface area contributed by atoms with Gasteiger partial charge >= 0.3 is 0 Å². The van der Waals surface area contributed by atoms with E-state index in [9.17, 15) is 14.0 Å². The third-order valence-corrected chi connectivity index (χ3v) is 7.03. The van der Waals surface area contributed by atoms with Gasteiger partial charge in [0.05, 0.1) is 31.3 Å². The summed E-state index contributed by atoms with van der Waals surface area (Å²) in [5, 5.41) is 7.73. The highest BCUT2D eigenvalue weighted by molar-refractivity contribution is 5.92. The van der Waals surface area contributed by atoms with Crippen LogP contribution in [-0.2, 0) is 4.79 Å². The Morgan fingerprint density at radius 1 is 1.05 bits per heavy atom. The maximum absolute atomic E-state index is 13.5. The van der Waals surface area contributed by atoms with Gasteiger partial charge in [0.25, 0.3) is 11.5 Å². The van der Waals surface area contributed by atoms with Crippen LogP contribution in [0.25, 0.3) is 10.9 Å². The normalized spacial score (nSPS) is 13.8. The smallest absolute Gasteiger partial charge is 0.282 e. The number of amides is 1. The molecule has 1 heterocycles. The van der Waals surface area contributed by atoms with Crippen LogP contribution < -0.4 is 25.1 Å². The Kier molecular flexibility index (Phi) is 8.57. The van der Waals surface area contributed by atoms with Gasteiger partial charge in [0.2, 0.25) is 5.75 Å². The number of nitrogens with one attached hydrogen (secondary N) is 1. The van der Waals surface area contributed by atoms with Crippen molar-refractivity contribution in [2.45, 2.75) is 38.0 Å². The Morgan fingerprint density at radius 3 is 2.41 bits per heavy atom. The number of hydrogen-bond acceptors (Lipinski definition) is 7. The van der Waals surface area contributed by atoms with Gasteiger partial charge in [0.15, 0.2) is 18.1 Å². The Labute approximate surface area is 236 Å². The van der Waals surface area contributed by atoms with Gasteiger partial charge in [-0.2, -0.15) is 9.78 Å². The lowest BCUT2D eigenvalue weighted by molar-refractivity contribution is -0.118. The molecule has 4 aromatic rings. The molecular formula is C31H31FN4O5. The van der Waals surface area contributed by atoms with Crippen molar-refractivity contribution < 1.29 is 23.4 Å². The van der Waals surface area contributed by atoms with Gasteiger partial charge in [0.1, 0.15) is 11.6 Å². The zero-order chi connectivity index (χ0) is 28.8. The van der Waals surface area contributed by atoms with Crippen LogP contribution in [0.5, 0.6) is 17.2 Å². The second-order valence-corrected chi connectivity index (χ2v) is 9.78. The summed E-state index contributed by atoms with van der Waals surface area (Å²) in [6.07, 6.45) is 6.84. The van der Waals surface area contributed by atoms with Crippen LogP contribution in [0.1, 0.15) is 49.4 Å². The molecule has 1 fully saturated rings. The summed E-state index contributed by atoms with van der Waals surface area (Å²) in [6, 6.07) is 16.1. The molecule has 0 saturated heterocycles. The zero-order valence-electron chi connectivity index (χ0n) is 22.9. The monoisotopic (exact) mass is 558 g/mol. The number of para-hydroxylation sites is 1. The SMILES string of the molecule is COc1cc(C=Nn2c(C3CCCCC3)nc3ccccc3c2=O)cc(OC)c1OCC(=O)Nc1ccc(F)cc1. The summed E-state index contributed by atoms with van der Waals surface area (Å²) in [4.78, 5) is 30.8. The zero-order valence-corrected chi connectivity index (χ0v) is 22.9. The molecule has 1 aromatic heterocycles. The molecule has 0 atom stereocenters. The number of carbonyl (C=O) groups is 1. The van der Waals surface area contributed by atoms with E-state index in [1.807, 2.05) is 18.2 Å². The van der Waals surface area contributed by atoms with E-state index in [0.717, 1.165) is 25.7 Å². The minimum atomic E-state index is -0.440. The van der Waals surface area contributed by atoms with Crippen molar-refractivity contribution in [3.8, 4) is 17.2 Å². The summed E-state index contributed by atoms with van der Waals surface area (Å²) in [6.45, 7) is -0.333. The molecule has 0 bridgehead atoms. The van der Waals surface area contributed by atoms with Gasteiger partial charge in [-0.15, -0.1) is 0 Å². The molecule has 0 radical (unpaired) electrons. The highest BCUT2D eigenvalue weighted by Gasteiger charge is 2.22. The molecule has 1 N–H and O–H groups in total. The lowest BCUT2D eigenvalue weighted by Gasteiger charge is -2.22. The van der Waals surface area contributed by atoms with Crippen LogP contribution in [-0.4, -0.2) is 42.6 Å². The first-order chi connectivity index (χ1) is 20.0. The molecule has 1 amide bonds. The van der Waals surface area contributed by atoms with Crippen molar-refractivity contribution in [2.75, 3.05) is 26.1 Å². The van der Waals surface area contributed by atoms with Crippen LogP contribution in [0, 0.1) is 5.82 Å². The molecule has 0 aliphatic heterocycles. The number of halogens is 1. The highest BCUT2D eigenvalue weighted by Crippen LogP contribution is 2.38. The molecule has 9 nitrogen and oxygen atoms in total. The van der Waals surface area contributed by atoms with E-state index >= 15 is 0 Å². The van der Waals surface area contributed by atoms with Gasteiger partial charge in [0, 0.05) is 17.2 Å². The van der Waals surface area contributed by atoms with E-state index < -0.39 is 11.7 Å². The van der Waals surface area contributed by atoms with Gasteiger partial charge in [-0.1, -0.05) is 31.4 Å². The number of ether oxygens (including phenoxy) is 3. The Morgan fingerprint density at radius 2 is 1.73 bits per heavy atom. The summed E-state index contributed by atoms with van der Waals surface area (Å²) in [5.74, 6) is 0.839. The summed E-state index contributed by atoms with van der Waals surface area (Å²) in [7, 11) is 2.94. The third kappa shape index (κ3) is 6.37. The summed E-state index contributed by atoms with van der Waals surface area (Å²) in [5.41, 5.74) is 1.48. The molecule has 1 saturated carbocycles. The van der Waals surface area contributed by atoms with Crippen LogP contribution in [0.2, 0.25) is 0 Å². The number of hydrogen-bond donors (Lipinski definition) is 1. The van der Waals surface area contributed by atoms with E-state index in [-0.39, 0.29) is 23.8 Å². The topological polar surface area (TPSA) is 104 Å². The number of methoxy groups -OCH3 is 2. The van der Waals surface area contributed by atoms with Crippen molar-refractivity contribution in [1.82, 2.24) is 9.66 Å². The molecule has 212 valence electrons. The molecule has 10 heteroatoms. The van der Waals surface area contributed by atoms with Crippen LogP contribution in [0.4, 0.5) is 10.1 Å². The average molecular weight is 559 g/mol. The Hall–Kier alpha value is -4.73. The predicted molar refractivity (Wildman–Crippen MR) is 155 cm³/mol. The van der Waals surface area contributed by atoms with Gasteiger partial charge < -0.3 is 19.5 Å². The molecule has 5 rings (SSSR count). The van der Waals surface area contributed by atoms with E-state index in [1.54, 1.807) is 24.4 Å². The standard InChI is InChI=1S/C31H31FN4O5/c1-39-26-16-20(17-27(40-2)29(26)41-19-28(37)34-23-14-12-22(32)13-15-23)18-33-36-30(21-8-4-3-5-9-21)35-25-11-7-6-10-24(25)31(36)38/h6-7,10-18,21H,3-5,8-9,19H2,1-2H3,(H,34,37). The first-order valence-electron chi connectivity index (χ1n) is 13.5. The molecular weight excluding hydrogens is 527 g/mol. The maximum Gasteiger partial charge on any atom is 0.282 e. The quantitative estimate of drug-likeness (QED) is 0.272. The lowest BCUT2D eigenvalue weighted by Crippen LogP contribution is -2.25. The van der Waals surface area contributed by atoms with Gasteiger partial charge in [-0.3, -0.25) is 9.59 Å². The predicted octanol–water partition coefficient (Wildman–Crippen LogP) is 5.50. The van der Waals surface area contributed by atoms with Crippen LogP contribution >= 0.6 is 0 Å². The fraction of sp³-hybridized carbons (Fsp3) is 0.290. The van der Waals surface area contributed by atoms with E-state index in [2.05, 4.69) is 10.4 Å². The van der Waals surface area contributed by atoms with Crippen LogP contribution in [0.15, 0.2) is 70.6 Å². The third-order valence-electron chi connectivity index (χ3n) is 7.03. The minimum absolute atomic E-state index is 0.152. The first-order valence-corrected chi connectivity index (χ1v) is 13.5. The fourth-order valence-electron chi connectivity index (χ4n) is 4.99. The number of benzene rings is 3. The molecule has 0 spiro atoms. The summed E-state index contributed by atoms with van der Waals surface area (Å²) < 4.78 is 31.3. The first kappa shape index (κ1) is 27.8. The average Bonchev–Trinajstić information content (AvgIpc) is 3.00. The summed E-state index contributed by atoms with van der Waals surface area (Å²) >= 11 is 0. The number of carbonyl (C=O) groups excluding carboxylic acids is 1. The van der Waals surface area contributed by atoms with E-state index in [4.69, 9.17) is 19.2 Å². The number of fused-ring (bicyclic) bond motifs is 1. The largest absolute Gasteiger partial charge is 0.493 e. The Bertz CT molecular complexity index is 1600. The van der Waals surface area contributed by atoms with Crippen molar-refractivity contribution in [1.29, 1.82) is 0 Å². The second kappa shape index (κ2) is 12.6. The second-order valence-electron chi connectivity index (χ2n) is 9.78. The molecule has 1 aliphatic carbocycles. The number of anilines is 1. The molecule has 0 unspecified atom stereocenters. The van der Waals surface area contributed by atoms with Gasteiger partial charge in [-0.05, 0) is 61.4 Å².